The predicted octanol–water partition coefficient (Wildman–Crippen LogP) is 3.07. The highest BCUT2D eigenvalue weighted by molar-refractivity contribution is 5.93. The van der Waals surface area contributed by atoms with Crippen LogP contribution in [0, 0.1) is 0 Å². The number of carbonyl (C=O) groups excluding carboxylic acids is 3. The molecule has 1 aliphatic heterocycles. The Morgan fingerprint density at radius 2 is 1.71 bits per heavy atom. The summed E-state index contributed by atoms with van der Waals surface area (Å²) >= 11 is 0. The Morgan fingerprint density at radius 3 is 2.37 bits per heavy atom. The molecule has 4 N–H and O–H groups in total. The minimum absolute atomic E-state index is 0.0132. The van der Waals surface area contributed by atoms with Crippen LogP contribution in [-0.4, -0.2) is 55.4 Å². The molecule has 8 heteroatoms. The van der Waals surface area contributed by atoms with Crippen molar-refractivity contribution in [3.8, 4) is 16.9 Å². The summed E-state index contributed by atoms with van der Waals surface area (Å²) < 4.78 is 5.64. The Hall–Kier alpha value is -4.17. The number of nitrogens with two attached hydrogens (primary N) is 1. The number of amides is 3. The Bertz CT molecular complexity index is 1280. The van der Waals surface area contributed by atoms with Gasteiger partial charge in [0.1, 0.15) is 5.75 Å². The monoisotopic (exact) mass is 514 g/mol. The fourth-order valence-electron chi connectivity index (χ4n) is 4.94. The molecular formula is C30H34N4O4. The van der Waals surface area contributed by atoms with Gasteiger partial charge in [0.25, 0.3) is 0 Å². The van der Waals surface area contributed by atoms with Crippen molar-refractivity contribution in [2.45, 2.75) is 31.8 Å². The molecule has 1 heterocycles. The Kier molecular flexibility index (Phi) is 8.76. The van der Waals surface area contributed by atoms with Gasteiger partial charge in [0.2, 0.25) is 17.7 Å². The number of hydrogen-bond acceptors (Lipinski definition) is 5. The second-order valence-electron chi connectivity index (χ2n) is 9.51. The van der Waals surface area contributed by atoms with Gasteiger partial charge in [-0.15, -0.1) is 0 Å². The molecule has 2 atom stereocenters. The number of benzene rings is 3. The molecule has 1 fully saturated rings. The van der Waals surface area contributed by atoms with Crippen molar-refractivity contribution >= 4 is 17.7 Å². The fourth-order valence-corrected chi connectivity index (χ4v) is 4.94. The average Bonchev–Trinajstić information content (AvgIpc) is 2.95. The lowest BCUT2D eigenvalue weighted by molar-refractivity contribution is -0.133. The molecular weight excluding hydrogens is 480 g/mol. The standard InChI is InChI=1S/C30H34N4O4/c1-20(35)32-18-29(36)34-15-14-27(26(19-34)22-6-4-3-5-7-22)33-17-25-16-24(12-13-28(25)38-2)21-8-10-23(11-9-21)30(31)37/h3-13,16,26-27,33H,14-15,17-19H2,1-2H3,(H2,31,37)(H,32,35)/t26-,27-/m0/s1. The third kappa shape index (κ3) is 6.58. The molecule has 3 aromatic carbocycles. The quantitative estimate of drug-likeness (QED) is 0.406. The lowest BCUT2D eigenvalue weighted by atomic mass is 9.85. The van der Waals surface area contributed by atoms with E-state index in [1.807, 2.05) is 47.4 Å². The number of nitrogens with zero attached hydrogens (tertiary/aromatic N) is 1. The van der Waals surface area contributed by atoms with Gasteiger partial charge in [0.15, 0.2) is 0 Å². The number of nitrogens with one attached hydrogen (secondary N) is 2. The summed E-state index contributed by atoms with van der Waals surface area (Å²) in [5, 5.41) is 6.34. The van der Waals surface area contributed by atoms with Crippen LogP contribution >= 0.6 is 0 Å². The first-order valence-electron chi connectivity index (χ1n) is 12.7. The van der Waals surface area contributed by atoms with E-state index in [-0.39, 0.29) is 30.3 Å². The maximum atomic E-state index is 12.7. The van der Waals surface area contributed by atoms with Crippen LogP contribution in [0.3, 0.4) is 0 Å². The van der Waals surface area contributed by atoms with E-state index in [1.54, 1.807) is 19.2 Å². The topological polar surface area (TPSA) is 114 Å². The van der Waals surface area contributed by atoms with Crippen LogP contribution in [0.2, 0.25) is 0 Å². The van der Waals surface area contributed by atoms with Crippen molar-refractivity contribution in [3.05, 3.63) is 89.5 Å². The number of primary amides is 1. The number of carbonyl (C=O) groups is 3. The minimum atomic E-state index is -0.452. The molecule has 0 spiro atoms. The van der Waals surface area contributed by atoms with E-state index in [9.17, 15) is 14.4 Å². The first kappa shape index (κ1) is 26.9. The van der Waals surface area contributed by atoms with E-state index < -0.39 is 5.91 Å². The van der Waals surface area contributed by atoms with Gasteiger partial charge in [-0.2, -0.15) is 0 Å². The summed E-state index contributed by atoms with van der Waals surface area (Å²) in [7, 11) is 1.66. The van der Waals surface area contributed by atoms with Crippen LogP contribution in [0.15, 0.2) is 72.8 Å². The van der Waals surface area contributed by atoms with Crippen LogP contribution in [-0.2, 0) is 16.1 Å². The SMILES string of the molecule is COc1ccc(-c2ccc(C(N)=O)cc2)cc1CN[C@H]1CCN(C(=O)CNC(C)=O)C[C@H]1c1ccccc1. The van der Waals surface area contributed by atoms with Gasteiger partial charge in [-0.25, -0.2) is 0 Å². The maximum absolute atomic E-state index is 12.7. The number of methoxy groups -OCH3 is 1. The van der Waals surface area contributed by atoms with Crippen molar-refractivity contribution in [1.29, 1.82) is 0 Å². The maximum Gasteiger partial charge on any atom is 0.248 e. The summed E-state index contributed by atoms with van der Waals surface area (Å²) in [6.45, 7) is 3.20. The highest BCUT2D eigenvalue weighted by Gasteiger charge is 2.32. The molecule has 3 aromatic rings. The van der Waals surface area contributed by atoms with Gasteiger partial charge in [-0.05, 0) is 47.4 Å². The van der Waals surface area contributed by atoms with Gasteiger partial charge in [0.05, 0.1) is 13.7 Å². The molecule has 198 valence electrons. The molecule has 1 aliphatic rings. The van der Waals surface area contributed by atoms with Crippen molar-refractivity contribution in [2.24, 2.45) is 5.73 Å². The van der Waals surface area contributed by atoms with Gasteiger partial charge < -0.3 is 26.0 Å². The minimum Gasteiger partial charge on any atom is -0.496 e. The molecule has 0 aromatic heterocycles. The molecule has 4 rings (SSSR count). The summed E-state index contributed by atoms with van der Waals surface area (Å²) in [4.78, 5) is 37.3. The zero-order valence-electron chi connectivity index (χ0n) is 21.8. The molecule has 0 radical (unpaired) electrons. The number of likely N-dealkylation sites (tertiary alicyclic amines) is 1. The third-order valence-electron chi connectivity index (χ3n) is 7.02. The van der Waals surface area contributed by atoms with Crippen LogP contribution in [0.25, 0.3) is 11.1 Å². The van der Waals surface area contributed by atoms with E-state index in [4.69, 9.17) is 10.5 Å². The number of piperidine rings is 1. The van der Waals surface area contributed by atoms with E-state index in [0.717, 1.165) is 34.4 Å². The molecule has 0 unspecified atom stereocenters. The predicted molar refractivity (Wildman–Crippen MR) is 147 cm³/mol. The second kappa shape index (κ2) is 12.4. The van der Waals surface area contributed by atoms with E-state index in [0.29, 0.717) is 25.2 Å². The van der Waals surface area contributed by atoms with Crippen molar-refractivity contribution < 1.29 is 19.1 Å². The number of ether oxygens (including phenoxy) is 1. The van der Waals surface area contributed by atoms with Crippen molar-refractivity contribution in [2.75, 3.05) is 26.7 Å². The Balaban J connectivity index is 1.51. The Morgan fingerprint density at radius 1 is 1.00 bits per heavy atom. The zero-order chi connectivity index (χ0) is 27.1. The van der Waals surface area contributed by atoms with Gasteiger partial charge >= 0.3 is 0 Å². The van der Waals surface area contributed by atoms with Crippen LogP contribution in [0.5, 0.6) is 5.75 Å². The highest BCUT2D eigenvalue weighted by Crippen LogP contribution is 2.30. The molecule has 0 bridgehead atoms. The number of hydrogen-bond donors (Lipinski definition) is 3. The van der Waals surface area contributed by atoms with Gasteiger partial charge in [-0.3, -0.25) is 14.4 Å². The summed E-state index contributed by atoms with van der Waals surface area (Å²) in [6.07, 6.45) is 0.780. The third-order valence-corrected chi connectivity index (χ3v) is 7.02. The first-order chi connectivity index (χ1) is 18.4. The fraction of sp³-hybridized carbons (Fsp3) is 0.300. The molecule has 38 heavy (non-hydrogen) atoms. The van der Waals surface area contributed by atoms with Crippen molar-refractivity contribution in [1.82, 2.24) is 15.5 Å². The van der Waals surface area contributed by atoms with Crippen molar-refractivity contribution in [3.63, 3.8) is 0 Å². The van der Waals surface area contributed by atoms with Gasteiger partial charge in [-0.1, -0.05) is 48.5 Å². The largest absolute Gasteiger partial charge is 0.496 e. The van der Waals surface area contributed by atoms with Crippen LogP contribution < -0.4 is 21.1 Å². The summed E-state index contributed by atoms with van der Waals surface area (Å²) in [5.41, 5.74) is 10.0. The molecule has 1 saturated heterocycles. The van der Waals surface area contributed by atoms with E-state index in [2.05, 4.69) is 28.8 Å². The molecule has 0 aliphatic carbocycles. The van der Waals surface area contributed by atoms with Crippen LogP contribution in [0.1, 0.15) is 40.7 Å². The highest BCUT2D eigenvalue weighted by atomic mass is 16.5. The first-order valence-corrected chi connectivity index (χ1v) is 12.7. The lowest BCUT2D eigenvalue weighted by Gasteiger charge is -2.39. The Labute approximate surface area is 223 Å². The summed E-state index contributed by atoms with van der Waals surface area (Å²) in [6, 6.07) is 23.6. The zero-order valence-corrected chi connectivity index (χ0v) is 21.8. The van der Waals surface area contributed by atoms with E-state index >= 15 is 0 Å². The summed E-state index contributed by atoms with van der Waals surface area (Å²) in [5.74, 6) is 0.147. The smallest absolute Gasteiger partial charge is 0.248 e. The van der Waals surface area contributed by atoms with Crippen LogP contribution in [0.4, 0.5) is 0 Å². The molecule has 3 amide bonds. The van der Waals surface area contributed by atoms with E-state index in [1.165, 1.54) is 6.92 Å². The number of rotatable bonds is 9. The second-order valence-corrected chi connectivity index (χ2v) is 9.51. The molecule has 8 nitrogen and oxygen atoms in total. The van der Waals surface area contributed by atoms with Gasteiger partial charge in [0, 0.05) is 49.6 Å². The normalized spacial score (nSPS) is 17.1. The molecule has 0 saturated carbocycles. The average molecular weight is 515 g/mol. The lowest BCUT2D eigenvalue weighted by Crippen LogP contribution is -2.51.